The lowest BCUT2D eigenvalue weighted by Crippen LogP contribution is -2.14. The van der Waals surface area contributed by atoms with Crippen molar-refractivity contribution < 1.29 is 4.74 Å². The van der Waals surface area contributed by atoms with Gasteiger partial charge in [0.1, 0.15) is 0 Å². The second-order valence-corrected chi connectivity index (χ2v) is 4.84. The minimum atomic E-state index is 0.673. The first-order valence-corrected chi connectivity index (χ1v) is 6.23. The van der Waals surface area contributed by atoms with Gasteiger partial charge in [0.05, 0.1) is 18.9 Å². The summed E-state index contributed by atoms with van der Waals surface area (Å²) in [4.78, 5) is 0. The first-order valence-electron chi connectivity index (χ1n) is 6.23. The van der Waals surface area contributed by atoms with E-state index in [9.17, 15) is 0 Å². The minimum absolute atomic E-state index is 0.673. The van der Waals surface area contributed by atoms with Crippen molar-refractivity contribution in [2.45, 2.75) is 38.8 Å². The molecule has 0 unspecified atom stereocenters. The molecule has 1 aromatic rings. The van der Waals surface area contributed by atoms with E-state index >= 15 is 0 Å². The Kier molecular flexibility index (Phi) is 2.69. The predicted molar refractivity (Wildman–Crippen MR) is 61.1 cm³/mol. The lowest BCUT2D eigenvalue weighted by molar-refractivity contribution is 0.108. The third-order valence-corrected chi connectivity index (χ3v) is 3.49. The van der Waals surface area contributed by atoms with Crippen LogP contribution in [-0.2, 0) is 30.7 Å². The molecule has 1 aromatic heterocycles. The summed E-state index contributed by atoms with van der Waals surface area (Å²) in [5, 5.41) is 4.72. The summed E-state index contributed by atoms with van der Waals surface area (Å²) < 4.78 is 7.75. The van der Waals surface area contributed by atoms with Crippen molar-refractivity contribution >= 4 is 0 Å². The van der Waals surface area contributed by atoms with Gasteiger partial charge in [0.2, 0.25) is 0 Å². The molecule has 1 aliphatic carbocycles. The number of rotatable bonds is 4. The van der Waals surface area contributed by atoms with Gasteiger partial charge in [0, 0.05) is 30.6 Å². The third-order valence-electron chi connectivity index (χ3n) is 3.49. The molecule has 0 amide bonds. The first kappa shape index (κ1) is 10.3. The van der Waals surface area contributed by atoms with Crippen molar-refractivity contribution in [2.75, 3.05) is 13.2 Å². The van der Waals surface area contributed by atoms with Crippen LogP contribution in [0.1, 0.15) is 29.8 Å². The van der Waals surface area contributed by atoms with E-state index in [1.54, 1.807) is 0 Å². The molecular formula is C12H19N3O. The zero-order valence-electron chi connectivity index (χ0n) is 9.61. The summed E-state index contributed by atoms with van der Waals surface area (Å²) in [5.74, 6) is 0.873. The van der Waals surface area contributed by atoms with E-state index in [2.05, 4.69) is 4.68 Å². The molecule has 1 fully saturated rings. The fourth-order valence-corrected chi connectivity index (χ4v) is 2.41. The smallest absolute Gasteiger partial charge is 0.0753 e. The minimum Gasteiger partial charge on any atom is -0.376 e. The van der Waals surface area contributed by atoms with E-state index in [-0.39, 0.29) is 0 Å². The van der Waals surface area contributed by atoms with Gasteiger partial charge < -0.3 is 10.5 Å². The Morgan fingerprint density at radius 3 is 3.06 bits per heavy atom. The van der Waals surface area contributed by atoms with Crippen LogP contribution in [0.4, 0.5) is 0 Å². The number of hydrogen-bond acceptors (Lipinski definition) is 3. The van der Waals surface area contributed by atoms with E-state index in [0.717, 1.165) is 44.2 Å². The molecule has 1 saturated carbocycles. The summed E-state index contributed by atoms with van der Waals surface area (Å²) in [6.07, 6.45) is 4.64. The Labute approximate surface area is 95.8 Å². The molecule has 16 heavy (non-hydrogen) atoms. The molecule has 2 N–H and O–H groups in total. The van der Waals surface area contributed by atoms with Gasteiger partial charge in [0.15, 0.2) is 0 Å². The van der Waals surface area contributed by atoms with Crippen molar-refractivity contribution in [3.05, 3.63) is 17.0 Å². The quantitative estimate of drug-likeness (QED) is 0.820. The molecule has 0 bridgehead atoms. The largest absolute Gasteiger partial charge is 0.376 e. The first-order chi connectivity index (χ1) is 7.88. The summed E-state index contributed by atoms with van der Waals surface area (Å²) in [7, 11) is 0. The van der Waals surface area contributed by atoms with Crippen LogP contribution in [0.15, 0.2) is 0 Å². The average Bonchev–Trinajstić information content (AvgIpc) is 3.05. The highest BCUT2D eigenvalue weighted by molar-refractivity contribution is 5.28. The van der Waals surface area contributed by atoms with E-state index in [4.69, 9.17) is 15.6 Å². The van der Waals surface area contributed by atoms with Crippen LogP contribution in [0, 0.1) is 5.92 Å². The Morgan fingerprint density at radius 2 is 2.31 bits per heavy atom. The summed E-state index contributed by atoms with van der Waals surface area (Å²) >= 11 is 0. The van der Waals surface area contributed by atoms with Gasteiger partial charge in [-0.1, -0.05) is 0 Å². The van der Waals surface area contributed by atoms with Crippen molar-refractivity contribution in [1.82, 2.24) is 9.78 Å². The van der Waals surface area contributed by atoms with Crippen LogP contribution >= 0.6 is 0 Å². The van der Waals surface area contributed by atoms with Crippen LogP contribution in [-0.4, -0.2) is 22.9 Å². The maximum absolute atomic E-state index is 5.63. The molecule has 0 aromatic carbocycles. The number of hydrogen-bond donors (Lipinski definition) is 1. The normalized spacial score (nSPS) is 19.8. The van der Waals surface area contributed by atoms with Gasteiger partial charge in [-0.05, 0) is 25.3 Å². The lowest BCUT2D eigenvalue weighted by atomic mass is 10.1. The Morgan fingerprint density at radius 1 is 1.44 bits per heavy atom. The maximum Gasteiger partial charge on any atom is 0.0753 e. The van der Waals surface area contributed by atoms with Crippen LogP contribution in [0.25, 0.3) is 0 Å². The number of aromatic nitrogens is 2. The van der Waals surface area contributed by atoms with Gasteiger partial charge in [-0.2, -0.15) is 5.10 Å². The van der Waals surface area contributed by atoms with Gasteiger partial charge in [-0.25, -0.2) is 0 Å². The van der Waals surface area contributed by atoms with E-state index in [0.29, 0.717) is 6.54 Å². The highest BCUT2D eigenvalue weighted by Crippen LogP contribution is 2.32. The molecule has 3 rings (SSSR count). The standard InChI is InChI=1S/C12H19N3O/c13-5-3-11-10-8-16-6-4-12(10)15(14-11)7-9-1-2-9/h9H,1-8,13H2. The zero-order valence-corrected chi connectivity index (χ0v) is 9.61. The molecule has 0 spiro atoms. The van der Waals surface area contributed by atoms with Crippen LogP contribution in [0.3, 0.4) is 0 Å². The average molecular weight is 221 g/mol. The van der Waals surface area contributed by atoms with Crippen molar-refractivity contribution in [3.8, 4) is 0 Å². The van der Waals surface area contributed by atoms with Gasteiger partial charge in [-0.15, -0.1) is 0 Å². The molecule has 2 aliphatic rings. The Hall–Kier alpha value is -0.870. The highest BCUT2D eigenvalue weighted by Gasteiger charge is 2.26. The second-order valence-electron chi connectivity index (χ2n) is 4.84. The molecule has 4 heteroatoms. The second kappa shape index (κ2) is 4.18. The van der Waals surface area contributed by atoms with Gasteiger partial charge in [-0.3, -0.25) is 4.68 Å². The Balaban J connectivity index is 1.90. The maximum atomic E-state index is 5.63. The van der Waals surface area contributed by atoms with E-state index in [1.807, 2.05) is 0 Å². The molecular weight excluding hydrogens is 202 g/mol. The van der Waals surface area contributed by atoms with Crippen molar-refractivity contribution in [2.24, 2.45) is 11.7 Å². The predicted octanol–water partition coefficient (Wildman–Crippen LogP) is 0.867. The molecule has 0 saturated heterocycles. The summed E-state index contributed by atoms with van der Waals surface area (Å²) in [6, 6.07) is 0. The fraction of sp³-hybridized carbons (Fsp3) is 0.750. The van der Waals surface area contributed by atoms with Crippen LogP contribution in [0.5, 0.6) is 0 Å². The molecule has 4 nitrogen and oxygen atoms in total. The lowest BCUT2D eigenvalue weighted by Gasteiger charge is -2.14. The van der Waals surface area contributed by atoms with Crippen molar-refractivity contribution in [3.63, 3.8) is 0 Å². The van der Waals surface area contributed by atoms with Crippen LogP contribution < -0.4 is 5.73 Å². The van der Waals surface area contributed by atoms with E-state index < -0.39 is 0 Å². The molecule has 2 heterocycles. The molecule has 0 radical (unpaired) electrons. The van der Waals surface area contributed by atoms with Gasteiger partial charge >= 0.3 is 0 Å². The number of fused-ring (bicyclic) bond motifs is 1. The molecule has 0 atom stereocenters. The fourth-order valence-electron chi connectivity index (χ4n) is 2.41. The summed E-state index contributed by atoms with van der Waals surface area (Å²) in [5.41, 5.74) is 9.51. The molecule has 1 aliphatic heterocycles. The number of nitrogens with two attached hydrogens (primary N) is 1. The topological polar surface area (TPSA) is 53.1 Å². The van der Waals surface area contributed by atoms with E-state index in [1.165, 1.54) is 24.1 Å². The monoisotopic (exact) mass is 221 g/mol. The van der Waals surface area contributed by atoms with Gasteiger partial charge in [0.25, 0.3) is 0 Å². The summed E-state index contributed by atoms with van der Waals surface area (Å²) in [6.45, 7) is 3.35. The SMILES string of the molecule is NCCc1nn(CC2CC2)c2c1COCC2. The van der Waals surface area contributed by atoms with Crippen LogP contribution in [0.2, 0.25) is 0 Å². The third kappa shape index (κ3) is 1.87. The molecule has 88 valence electrons. The Bertz CT molecular complexity index is 382. The van der Waals surface area contributed by atoms with Crippen molar-refractivity contribution in [1.29, 1.82) is 0 Å². The number of ether oxygens (including phenoxy) is 1. The highest BCUT2D eigenvalue weighted by atomic mass is 16.5. The number of nitrogens with zero attached hydrogens (tertiary/aromatic N) is 2. The zero-order chi connectivity index (χ0) is 11.0.